The van der Waals surface area contributed by atoms with Gasteiger partial charge in [0.2, 0.25) is 0 Å². The van der Waals surface area contributed by atoms with Gasteiger partial charge in [-0.25, -0.2) is 0 Å². The predicted octanol–water partition coefficient (Wildman–Crippen LogP) is 3.17. The molecule has 4 nitrogen and oxygen atoms in total. The zero-order valence-corrected chi connectivity index (χ0v) is 10.4. The summed E-state index contributed by atoms with van der Waals surface area (Å²) in [6, 6.07) is 11.2. The summed E-state index contributed by atoms with van der Waals surface area (Å²) in [5, 5.41) is 0. The molecule has 0 aliphatic carbocycles. The number of benzene rings is 1. The normalized spacial score (nSPS) is 10.6. The zero-order valence-electron chi connectivity index (χ0n) is 10.4. The summed E-state index contributed by atoms with van der Waals surface area (Å²) in [6.07, 6.45) is 2.99. The molecule has 0 saturated carbocycles. The SMILES string of the molecule is COC(OC)c1cccc(Oc2ccncc2)c1. The molecule has 2 rings (SSSR count). The van der Waals surface area contributed by atoms with E-state index in [-0.39, 0.29) is 6.29 Å². The molecule has 1 heterocycles. The summed E-state index contributed by atoms with van der Waals surface area (Å²) < 4.78 is 16.1. The van der Waals surface area contributed by atoms with Crippen molar-refractivity contribution in [3.05, 3.63) is 54.4 Å². The van der Waals surface area contributed by atoms with Crippen LogP contribution in [0.25, 0.3) is 0 Å². The number of rotatable bonds is 5. The van der Waals surface area contributed by atoms with Gasteiger partial charge in [0.25, 0.3) is 0 Å². The Morgan fingerprint density at radius 1 is 0.944 bits per heavy atom. The molecule has 0 bridgehead atoms. The first-order valence-corrected chi connectivity index (χ1v) is 5.57. The molecule has 0 saturated heterocycles. The third-order valence-electron chi connectivity index (χ3n) is 2.44. The number of nitrogens with zero attached hydrogens (tertiary/aromatic N) is 1. The van der Waals surface area contributed by atoms with Gasteiger partial charge in [-0.2, -0.15) is 0 Å². The van der Waals surface area contributed by atoms with Crippen LogP contribution in [0.4, 0.5) is 0 Å². The summed E-state index contributed by atoms with van der Waals surface area (Å²) in [5.74, 6) is 1.48. The van der Waals surface area contributed by atoms with Crippen molar-refractivity contribution in [1.29, 1.82) is 0 Å². The summed E-state index contributed by atoms with van der Waals surface area (Å²) >= 11 is 0. The van der Waals surface area contributed by atoms with Crippen LogP contribution < -0.4 is 4.74 Å². The average molecular weight is 245 g/mol. The van der Waals surface area contributed by atoms with E-state index in [1.807, 2.05) is 24.3 Å². The Labute approximate surface area is 106 Å². The molecule has 0 N–H and O–H groups in total. The lowest BCUT2D eigenvalue weighted by atomic mass is 10.2. The molecule has 0 amide bonds. The van der Waals surface area contributed by atoms with Crippen molar-refractivity contribution in [2.75, 3.05) is 14.2 Å². The summed E-state index contributed by atoms with van der Waals surface area (Å²) in [7, 11) is 3.20. The summed E-state index contributed by atoms with van der Waals surface area (Å²) in [4.78, 5) is 3.94. The van der Waals surface area contributed by atoms with Crippen LogP contribution in [0.1, 0.15) is 11.9 Å². The van der Waals surface area contributed by atoms with E-state index in [4.69, 9.17) is 14.2 Å². The standard InChI is InChI=1S/C14H15NO3/c1-16-14(17-2)11-4-3-5-13(10-11)18-12-6-8-15-9-7-12/h3-10,14H,1-2H3. The first kappa shape index (κ1) is 12.5. The molecule has 0 spiro atoms. The lowest BCUT2D eigenvalue weighted by Gasteiger charge is -2.14. The lowest BCUT2D eigenvalue weighted by Crippen LogP contribution is -2.03. The van der Waals surface area contributed by atoms with Gasteiger partial charge >= 0.3 is 0 Å². The molecule has 0 aliphatic heterocycles. The number of pyridine rings is 1. The van der Waals surface area contributed by atoms with Crippen LogP contribution in [0.15, 0.2) is 48.8 Å². The van der Waals surface area contributed by atoms with Crippen LogP contribution >= 0.6 is 0 Å². The second-order valence-corrected chi connectivity index (χ2v) is 3.66. The third kappa shape index (κ3) is 3.06. The maximum absolute atomic E-state index is 5.71. The maximum atomic E-state index is 5.71. The fourth-order valence-electron chi connectivity index (χ4n) is 1.64. The number of hydrogen-bond acceptors (Lipinski definition) is 4. The highest BCUT2D eigenvalue weighted by molar-refractivity contribution is 5.33. The van der Waals surface area contributed by atoms with E-state index in [9.17, 15) is 0 Å². The fraction of sp³-hybridized carbons (Fsp3) is 0.214. The third-order valence-corrected chi connectivity index (χ3v) is 2.44. The van der Waals surface area contributed by atoms with Crippen LogP contribution in [0.3, 0.4) is 0 Å². The van der Waals surface area contributed by atoms with Gasteiger partial charge in [-0.15, -0.1) is 0 Å². The first-order valence-electron chi connectivity index (χ1n) is 5.57. The molecule has 0 unspecified atom stereocenters. The van der Waals surface area contributed by atoms with E-state index in [0.717, 1.165) is 17.1 Å². The molecule has 0 aliphatic rings. The Hall–Kier alpha value is -1.91. The average Bonchev–Trinajstić information content (AvgIpc) is 2.42. The number of ether oxygens (including phenoxy) is 3. The zero-order chi connectivity index (χ0) is 12.8. The van der Waals surface area contributed by atoms with Crippen LogP contribution in [0, 0.1) is 0 Å². The van der Waals surface area contributed by atoms with Crippen LogP contribution in [-0.4, -0.2) is 19.2 Å². The van der Waals surface area contributed by atoms with Gasteiger partial charge in [0.1, 0.15) is 11.5 Å². The molecule has 0 radical (unpaired) electrons. The molecular weight excluding hydrogens is 230 g/mol. The van der Waals surface area contributed by atoms with Gasteiger partial charge < -0.3 is 14.2 Å². The van der Waals surface area contributed by atoms with Crippen molar-refractivity contribution in [1.82, 2.24) is 4.98 Å². The van der Waals surface area contributed by atoms with Crippen molar-refractivity contribution < 1.29 is 14.2 Å². The minimum absolute atomic E-state index is 0.383. The van der Waals surface area contributed by atoms with E-state index in [1.54, 1.807) is 38.7 Å². The van der Waals surface area contributed by atoms with Gasteiger partial charge in [-0.3, -0.25) is 4.98 Å². The molecule has 1 aromatic heterocycles. The van der Waals surface area contributed by atoms with E-state index < -0.39 is 0 Å². The van der Waals surface area contributed by atoms with Gasteiger partial charge in [0.05, 0.1) is 0 Å². The second kappa shape index (κ2) is 6.14. The highest BCUT2D eigenvalue weighted by Crippen LogP contribution is 2.25. The van der Waals surface area contributed by atoms with Crippen molar-refractivity contribution in [3.8, 4) is 11.5 Å². The molecule has 1 aromatic carbocycles. The smallest absolute Gasteiger partial charge is 0.183 e. The molecule has 18 heavy (non-hydrogen) atoms. The number of methoxy groups -OCH3 is 2. The first-order chi connectivity index (χ1) is 8.83. The molecule has 94 valence electrons. The Balaban J connectivity index is 2.17. The maximum Gasteiger partial charge on any atom is 0.183 e. The highest BCUT2D eigenvalue weighted by Gasteiger charge is 2.09. The molecule has 0 fully saturated rings. The monoisotopic (exact) mass is 245 g/mol. The number of hydrogen-bond donors (Lipinski definition) is 0. The van der Waals surface area contributed by atoms with Gasteiger partial charge in [0.15, 0.2) is 6.29 Å². The van der Waals surface area contributed by atoms with E-state index >= 15 is 0 Å². The van der Waals surface area contributed by atoms with Crippen LogP contribution in [0.5, 0.6) is 11.5 Å². The van der Waals surface area contributed by atoms with Crippen LogP contribution in [-0.2, 0) is 9.47 Å². The topological polar surface area (TPSA) is 40.6 Å². The predicted molar refractivity (Wildman–Crippen MR) is 67.5 cm³/mol. The molecular formula is C14H15NO3. The Morgan fingerprint density at radius 3 is 2.33 bits per heavy atom. The Bertz CT molecular complexity index is 483. The lowest BCUT2D eigenvalue weighted by molar-refractivity contribution is -0.106. The summed E-state index contributed by atoms with van der Waals surface area (Å²) in [6.45, 7) is 0. The molecule has 4 heteroatoms. The Morgan fingerprint density at radius 2 is 1.67 bits per heavy atom. The highest BCUT2D eigenvalue weighted by atomic mass is 16.7. The quantitative estimate of drug-likeness (QED) is 0.759. The minimum atomic E-state index is -0.383. The van der Waals surface area contributed by atoms with Crippen LogP contribution in [0.2, 0.25) is 0 Å². The number of aromatic nitrogens is 1. The Kier molecular flexibility index (Phi) is 4.28. The van der Waals surface area contributed by atoms with E-state index in [1.165, 1.54) is 0 Å². The van der Waals surface area contributed by atoms with Crippen molar-refractivity contribution in [3.63, 3.8) is 0 Å². The second-order valence-electron chi connectivity index (χ2n) is 3.66. The minimum Gasteiger partial charge on any atom is -0.457 e. The van der Waals surface area contributed by atoms with E-state index in [0.29, 0.717) is 0 Å². The van der Waals surface area contributed by atoms with Crippen molar-refractivity contribution in [2.24, 2.45) is 0 Å². The largest absolute Gasteiger partial charge is 0.457 e. The molecule has 2 aromatic rings. The van der Waals surface area contributed by atoms with Gasteiger partial charge in [0, 0.05) is 32.2 Å². The van der Waals surface area contributed by atoms with E-state index in [2.05, 4.69) is 4.98 Å². The van der Waals surface area contributed by atoms with Crippen molar-refractivity contribution >= 4 is 0 Å². The van der Waals surface area contributed by atoms with Gasteiger partial charge in [-0.05, 0) is 24.3 Å². The molecule has 0 atom stereocenters. The van der Waals surface area contributed by atoms with Gasteiger partial charge in [-0.1, -0.05) is 12.1 Å². The van der Waals surface area contributed by atoms with Crippen molar-refractivity contribution in [2.45, 2.75) is 6.29 Å². The summed E-state index contributed by atoms with van der Waals surface area (Å²) in [5.41, 5.74) is 0.909. The fourth-order valence-corrected chi connectivity index (χ4v) is 1.64.